The molecule has 1 aliphatic rings. The minimum atomic E-state index is 0.252. The molecule has 5 nitrogen and oxygen atoms in total. The fourth-order valence-corrected chi connectivity index (χ4v) is 2.82. The van der Waals surface area contributed by atoms with E-state index in [4.69, 9.17) is 0 Å². The quantitative estimate of drug-likeness (QED) is 0.903. The summed E-state index contributed by atoms with van der Waals surface area (Å²) in [5, 5.41) is 25.2. The molecule has 0 unspecified atom stereocenters. The van der Waals surface area contributed by atoms with Gasteiger partial charge in [0.1, 0.15) is 6.07 Å². The summed E-state index contributed by atoms with van der Waals surface area (Å²) < 4.78 is 0. The molecular weight excluding hydrogens is 262 g/mol. The molecule has 3 rings (SSSR count). The third kappa shape index (κ3) is 2.81. The number of nitrogens with zero attached hydrogens (tertiary/aromatic N) is 3. The molecule has 0 aliphatic carbocycles. The van der Waals surface area contributed by atoms with Crippen molar-refractivity contribution in [2.45, 2.75) is 19.8 Å². The third-order valence-corrected chi connectivity index (χ3v) is 4.28. The van der Waals surface area contributed by atoms with Crippen LogP contribution in [0, 0.1) is 16.7 Å². The van der Waals surface area contributed by atoms with Crippen molar-refractivity contribution in [1.82, 2.24) is 15.5 Å². The van der Waals surface area contributed by atoms with Crippen LogP contribution in [-0.4, -0.2) is 29.8 Å². The van der Waals surface area contributed by atoms with Gasteiger partial charge in [0.2, 0.25) is 0 Å². The van der Waals surface area contributed by atoms with Gasteiger partial charge in [0, 0.05) is 11.9 Å². The summed E-state index contributed by atoms with van der Waals surface area (Å²) in [6, 6.07) is 9.93. The van der Waals surface area contributed by atoms with E-state index in [0.29, 0.717) is 5.69 Å². The maximum atomic E-state index is 9.28. The molecule has 108 valence electrons. The van der Waals surface area contributed by atoms with Gasteiger partial charge in [0.25, 0.3) is 0 Å². The molecule has 1 aromatic carbocycles. The van der Waals surface area contributed by atoms with Gasteiger partial charge in [0.15, 0.2) is 5.69 Å². The van der Waals surface area contributed by atoms with Crippen LogP contribution in [-0.2, 0) is 0 Å². The summed E-state index contributed by atoms with van der Waals surface area (Å²) in [4.78, 5) is 0. The second-order valence-corrected chi connectivity index (χ2v) is 5.97. The van der Waals surface area contributed by atoms with Crippen molar-refractivity contribution >= 4 is 16.6 Å². The predicted molar refractivity (Wildman–Crippen MR) is 83.0 cm³/mol. The molecule has 2 N–H and O–H groups in total. The standard InChI is InChI=1S/C16H19N5/c1-16(6-8-18-9-7-16)11-19-15-12-4-2-3-5-13(12)20-21-14(15)10-17/h2-5,18H,6-9,11H2,1H3,(H,19,20). The molecule has 0 saturated carbocycles. The van der Waals surface area contributed by atoms with E-state index in [1.165, 1.54) is 0 Å². The van der Waals surface area contributed by atoms with Crippen LogP contribution in [0.4, 0.5) is 5.69 Å². The van der Waals surface area contributed by atoms with Crippen molar-refractivity contribution in [3.63, 3.8) is 0 Å². The molecule has 2 heterocycles. The van der Waals surface area contributed by atoms with E-state index < -0.39 is 0 Å². The summed E-state index contributed by atoms with van der Waals surface area (Å²) in [5.41, 5.74) is 2.24. The average molecular weight is 281 g/mol. The van der Waals surface area contributed by atoms with E-state index in [1.54, 1.807) is 0 Å². The highest BCUT2D eigenvalue weighted by Crippen LogP contribution is 2.30. The van der Waals surface area contributed by atoms with Gasteiger partial charge >= 0.3 is 0 Å². The third-order valence-electron chi connectivity index (χ3n) is 4.28. The lowest BCUT2D eigenvalue weighted by atomic mass is 9.81. The minimum Gasteiger partial charge on any atom is -0.382 e. The Bertz CT molecular complexity index is 683. The highest BCUT2D eigenvalue weighted by atomic mass is 15.1. The lowest BCUT2D eigenvalue weighted by molar-refractivity contribution is 0.247. The number of hydrogen-bond donors (Lipinski definition) is 2. The summed E-state index contributed by atoms with van der Waals surface area (Å²) >= 11 is 0. The van der Waals surface area contributed by atoms with Crippen molar-refractivity contribution in [1.29, 1.82) is 5.26 Å². The first-order valence-corrected chi connectivity index (χ1v) is 7.32. The fourth-order valence-electron chi connectivity index (χ4n) is 2.82. The van der Waals surface area contributed by atoms with Crippen LogP contribution in [0.1, 0.15) is 25.5 Å². The number of nitrogens with one attached hydrogen (secondary N) is 2. The van der Waals surface area contributed by atoms with Crippen LogP contribution in [0.3, 0.4) is 0 Å². The molecule has 0 bridgehead atoms. The van der Waals surface area contributed by atoms with E-state index >= 15 is 0 Å². The average Bonchev–Trinajstić information content (AvgIpc) is 2.53. The topological polar surface area (TPSA) is 73.6 Å². The molecule has 1 aliphatic heterocycles. The van der Waals surface area contributed by atoms with Crippen molar-refractivity contribution in [3.05, 3.63) is 30.0 Å². The van der Waals surface area contributed by atoms with Gasteiger partial charge < -0.3 is 10.6 Å². The van der Waals surface area contributed by atoms with E-state index in [1.807, 2.05) is 24.3 Å². The van der Waals surface area contributed by atoms with Gasteiger partial charge in [-0.05, 0) is 37.4 Å². The number of aromatic nitrogens is 2. The zero-order valence-electron chi connectivity index (χ0n) is 12.2. The monoisotopic (exact) mass is 281 g/mol. The van der Waals surface area contributed by atoms with Crippen molar-refractivity contribution in [2.24, 2.45) is 5.41 Å². The van der Waals surface area contributed by atoms with Crippen LogP contribution in [0.2, 0.25) is 0 Å². The Morgan fingerprint density at radius 2 is 2.05 bits per heavy atom. The molecule has 2 aromatic rings. The Labute approximate surface area is 124 Å². The predicted octanol–water partition coefficient (Wildman–Crippen LogP) is 2.30. The van der Waals surface area contributed by atoms with Crippen molar-refractivity contribution in [3.8, 4) is 6.07 Å². The number of piperidine rings is 1. The molecule has 1 saturated heterocycles. The van der Waals surface area contributed by atoms with Gasteiger partial charge in [-0.1, -0.05) is 25.1 Å². The van der Waals surface area contributed by atoms with Gasteiger partial charge in [-0.2, -0.15) is 5.26 Å². The molecular formula is C16H19N5. The largest absolute Gasteiger partial charge is 0.382 e. The highest BCUT2D eigenvalue weighted by Gasteiger charge is 2.27. The maximum absolute atomic E-state index is 9.28. The maximum Gasteiger partial charge on any atom is 0.186 e. The number of benzene rings is 1. The number of anilines is 1. The van der Waals surface area contributed by atoms with Crippen LogP contribution in [0.5, 0.6) is 0 Å². The molecule has 1 aromatic heterocycles. The van der Waals surface area contributed by atoms with Gasteiger partial charge in [-0.15, -0.1) is 10.2 Å². The molecule has 0 amide bonds. The lowest BCUT2D eigenvalue weighted by Crippen LogP contribution is -2.39. The second-order valence-electron chi connectivity index (χ2n) is 5.97. The van der Waals surface area contributed by atoms with Crippen molar-refractivity contribution < 1.29 is 0 Å². The lowest BCUT2D eigenvalue weighted by Gasteiger charge is -2.34. The van der Waals surface area contributed by atoms with E-state index in [9.17, 15) is 5.26 Å². The van der Waals surface area contributed by atoms with Crippen LogP contribution < -0.4 is 10.6 Å². The minimum absolute atomic E-state index is 0.252. The summed E-state index contributed by atoms with van der Waals surface area (Å²) in [7, 11) is 0. The van der Waals surface area contributed by atoms with Crippen molar-refractivity contribution in [2.75, 3.05) is 25.0 Å². The SMILES string of the molecule is CC1(CNc2c(C#N)nnc3ccccc23)CCNCC1. The molecule has 0 atom stereocenters. The first-order chi connectivity index (χ1) is 10.2. The Balaban J connectivity index is 1.90. The molecule has 0 spiro atoms. The number of hydrogen-bond acceptors (Lipinski definition) is 5. The first kappa shape index (κ1) is 13.8. The summed E-state index contributed by atoms with van der Waals surface area (Å²) in [6.45, 7) is 5.25. The number of nitriles is 1. The normalized spacial score (nSPS) is 17.3. The van der Waals surface area contributed by atoms with Gasteiger partial charge in [0.05, 0.1) is 11.2 Å². The van der Waals surface area contributed by atoms with Crippen LogP contribution in [0.25, 0.3) is 10.9 Å². The van der Waals surface area contributed by atoms with E-state index in [-0.39, 0.29) is 5.41 Å². The zero-order valence-corrected chi connectivity index (χ0v) is 12.2. The molecule has 5 heteroatoms. The van der Waals surface area contributed by atoms with E-state index in [2.05, 4.69) is 33.8 Å². The Morgan fingerprint density at radius 1 is 1.29 bits per heavy atom. The fraction of sp³-hybridized carbons (Fsp3) is 0.438. The van der Waals surface area contributed by atoms with Crippen LogP contribution >= 0.6 is 0 Å². The van der Waals surface area contributed by atoms with Crippen LogP contribution in [0.15, 0.2) is 24.3 Å². The van der Waals surface area contributed by atoms with Gasteiger partial charge in [-0.25, -0.2) is 0 Å². The Hall–Kier alpha value is -2.19. The Morgan fingerprint density at radius 3 is 2.81 bits per heavy atom. The summed E-state index contributed by atoms with van der Waals surface area (Å²) in [5.74, 6) is 0. The highest BCUT2D eigenvalue weighted by molar-refractivity contribution is 5.92. The first-order valence-electron chi connectivity index (χ1n) is 7.32. The molecule has 0 radical (unpaired) electrons. The smallest absolute Gasteiger partial charge is 0.186 e. The number of rotatable bonds is 3. The van der Waals surface area contributed by atoms with Gasteiger partial charge in [-0.3, -0.25) is 0 Å². The second kappa shape index (κ2) is 5.66. The zero-order chi connectivity index (χ0) is 14.7. The Kier molecular flexibility index (Phi) is 3.72. The summed E-state index contributed by atoms with van der Waals surface area (Å²) in [6.07, 6.45) is 2.27. The van der Waals surface area contributed by atoms with E-state index in [0.717, 1.165) is 49.1 Å². The molecule has 21 heavy (non-hydrogen) atoms. The number of fused-ring (bicyclic) bond motifs is 1. The molecule has 1 fully saturated rings.